The van der Waals surface area contributed by atoms with E-state index in [-0.39, 0.29) is 6.61 Å². The molecule has 0 saturated carbocycles. The number of alkyl halides is 3. The van der Waals surface area contributed by atoms with Gasteiger partial charge in [0.15, 0.2) is 4.91 Å². The van der Waals surface area contributed by atoms with Crippen LogP contribution in [0.2, 0.25) is 0 Å². The fourth-order valence-electron chi connectivity index (χ4n) is 0.461. The van der Waals surface area contributed by atoms with E-state index in [0.717, 1.165) is 0 Å². The molecule has 0 aromatic carbocycles. The highest BCUT2D eigenvalue weighted by Crippen LogP contribution is 2.28. The lowest BCUT2D eigenvalue weighted by atomic mass is 10.6. The lowest BCUT2D eigenvalue weighted by Crippen LogP contribution is -2.28. The van der Waals surface area contributed by atoms with Crippen molar-refractivity contribution in [2.24, 2.45) is 0 Å². The Morgan fingerprint density at radius 3 is 2.14 bits per heavy atom. The van der Waals surface area contributed by atoms with Gasteiger partial charge in [0.1, 0.15) is 0 Å². The van der Waals surface area contributed by atoms with Crippen LogP contribution in [0.4, 0.5) is 13.2 Å². The molecule has 0 unspecified atom stereocenters. The highest BCUT2D eigenvalue weighted by atomic mass is 32.2. The van der Waals surface area contributed by atoms with Crippen molar-refractivity contribution in [3.63, 3.8) is 0 Å². The molecule has 4 nitrogen and oxygen atoms in total. The lowest BCUT2D eigenvalue weighted by molar-refractivity contribution is -0.137. The third kappa shape index (κ3) is 2.47. The Hall–Kier alpha value is -1.05. The predicted molar refractivity (Wildman–Crippen MR) is 40.7 cm³/mol. The van der Waals surface area contributed by atoms with Gasteiger partial charge in [-0.3, -0.25) is 0 Å². The Labute approximate surface area is 78.3 Å². The normalized spacial score (nSPS) is 12.3. The van der Waals surface area contributed by atoms with Crippen molar-refractivity contribution in [3.8, 4) is 0 Å². The molecule has 0 fully saturated rings. The van der Waals surface area contributed by atoms with E-state index in [0.29, 0.717) is 0 Å². The number of rotatable bonds is 3. The molecule has 0 heterocycles. The maximum Gasteiger partial charge on any atom is 0.502 e. The van der Waals surface area contributed by atoms with Gasteiger partial charge in [0, 0.05) is 0 Å². The summed E-state index contributed by atoms with van der Waals surface area (Å²) in [6.45, 7) is 3.62. The molecule has 0 aliphatic carbocycles. The van der Waals surface area contributed by atoms with E-state index in [2.05, 4.69) is 11.3 Å². The van der Waals surface area contributed by atoms with Gasteiger partial charge < -0.3 is 4.74 Å². The van der Waals surface area contributed by atoms with Gasteiger partial charge in [0.2, 0.25) is 0 Å². The van der Waals surface area contributed by atoms with E-state index in [9.17, 15) is 26.4 Å². The molecule has 0 atom stereocenters. The minimum atomic E-state index is -5.67. The molecule has 0 aromatic heterocycles. The Kier molecular flexibility index (Phi) is 3.69. The number of ether oxygens (including phenoxy) is 1. The molecule has 14 heavy (non-hydrogen) atoms. The fourth-order valence-corrected chi connectivity index (χ4v) is 1.02. The minimum absolute atomic E-state index is 0.231. The van der Waals surface area contributed by atoms with Crippen LogP contribution in [0, 0.1) is 0 Å². The quantitative estimate of drug-likeness (QED) is 0.538. The average Bonchev–Trinajstić information content (AvgIpc) is 2.01. The summed E-state index contributed by atoms with van der Waals surface area (Å²) in [7, 11) is -5.67. The summed E-state index contributed by atoms with van der Waals surface area (Å²) in [5.74, 6) is -1.59. The number of hydrogen-bond donors (Lipinski definition) is 0. The molecule has 0 rings (SSSR count). The standard InChI is InChI=1S/C6H7F3O4S/c1-3-13-5(10)4(2)14(11,12)6(7,8)9/h2-3H2,1H3. The maximum absolute atomic E-state index is 11.8. The summed E-state index contributed by atoms with van der Waals surface area (Å²) < 4.78 is 60.6. The first-order valence-electron chi connectivity index (χ1n) is 3.32. The Balaban J connectivity index is 4.98. The number of carbonyl (C=O) groups is 1. The van der Waals surface area contributed by atoms with Gasteiger partial charge in [0.25, 0.3) is 9.84 Å². The summed E-state index contributed by atoms with van der Waals surface area (Å²) in [6, 6.07) is 0. The van der Waals surface area contributed by atoms with E-state index in [1.54, 1.807) is 0 Å². The monoisotopic (exact) mass is 232 g/mol. The summed E-state index contributed by atoms with van der Waals surface area (Å²) in [4.78, 5) is 9.03. The SMILES string of the molecule is C=C(C(=O)OCC)S(=O)(=O)C(F)(F)F. The highest BCUT2D eigenvalue weighted by molar-refractivity contribution is 7.97. The number of carbonyl (C=O) groups excluding carboxylic acids is 1. The van der Waals surface area contributed by atoms with Crippen molar-refractivity contribution in [1.82, 2.24) is 0 Å². The first-order valence-corrected chi connectivity index (χ1v) is 4.80. The number of hydrogen-bond acceptors (Lipinski definition) is 4. The average molecular weight is 232 g/mol. The van der Waals surface area contributed by atoms with Gasteiger partial charge in [0.05, 0.1) is 6.61 Å². The second-order valence-electron chi connectivity index (χ2n) is 2.09. The number of esters is 1. The number of sulfone groups is 1. The van der Waals surface area contributed by atoms with E-state index < -0.39 is 26.2 Å². The summed E-state index contributed by atoms with van der Waals surface area (Å²) in [6.07, 6.45) is 0. The molecule has 8 heteroatoms. The van der Waals surface area contributed by atoms with Gasteiger partial charge in [-0.05, 0) is 6.92 Å². The molecule has 0 N–H and O–H groups in total. The van der Waals surface area contributed by atoms with E-state index in [1.807, 2.05) is 0 Å². The van der Waals surface area contributed by atoms with Crippen LogP contribution >= 0.6 is 0 Å². The van der Waals surface area contributed by atoms with E-state index in [1.165, 1.54) is 6.92 Å². The Bertz CT molecular complexity index is 341. The zero-order chi connectivity index (χ0) is 11.6. The first-order chi connectivity index (χ1) is 6.14. The van der Waals surface area contributed by atoms with Crippen molar-refractivity contribution in [2.45, 2.75) is 12.4 Å². The first kappa shape index (κ1) is 12.9. The minimum Gasteiger partial charge on any atom is -0.462 e. The second-order valence-corrected chi connectivity index (χ2v) is 4.06. The summed E-state index contributed by atoms with van der Waals surface area (Å²) in [5.41, 5.74) is -5.53. The van der Waals surface area contributed by atoms with Crippen LogP contribution in [0.1, 0.15) is 6.92 Å². The van der Waals surface area contributed by atoms with Gasteiger partial charge in [-0.1, -0.05) is 6.58 Å². The third-order valence-electron chi connectivity index (χ3n) is 1.13. The summed E-state index contributed by atoms with van der Waals surface area (Å²) >= 11 is 0. The van der Waals surface area contributed by atoms with Crippen molar-refractivity contribution in [1.29, 1.82) is 0 Å². The molecule has 82 valence electrons. The van der Waals surface area contributed by atoms with Gasteiger partial charge in [-0.15, -0.1) is 0 Å². The van der Waals surface area contributed by atoms with Crippen molar-refractivity contribution in [3.05, 3.63) is 11.5 Å². The van der Waals surface area contributed by atoms with Crippen molar-refractivity contribution < 1.29 is 31.1 Å². The van der Waals surface area contributed by atoms with Crippen LogP contribution in [-0.4, -0.2) is 26.5 Å². The van der Waals surface area contributed by atoms with Crippen molar-refractivity contribution in [2.75, 3.05) is 6.61 Å². The van der Waals surface area contributed by atoms with E-state index in [4.69, 9.17) is 0 Å². The molecule has 0 aliphatic heterocycles. The van der Waals surface area contributed by atoms with Crippen LogP contribution in [0.15, 0.2) is 11.5 Å². The zero-order valence-electron chi connectivity index (χ0n) is 7.09. The molecule has 0 aliphatic rings. The lowest BCUT2D eigenvalue weighted by Gasteiger charge is -2.08. The van der Waals surface area contributed by atoms with E-state index >= 15 is 0 Å². The topological polar surface area (TPSA) is 60.4 Å². The molecule has 0 aromatic rings. The molecule has 0 bridgehead atoms. The van der Waals surface area contributed by atoms with Crippen LogP contribution < -0.4 is 0 Å². The van der Waals surface area contributed by atoms with Crippen LogP contribution in [0.5, 0.6) is 0 Å². The molecular weight excluding hydrogens is 225 g/mol. The summed E-state index contributed by atoms with van der Waals surface area (Å²) in [5, 5.41) is 0. The van der Waals surface area contributed by atoms with Crippen LogP contribution in [0.25, 0.3) is 0 Å². The maximum atomic E-state index is 11.8. The van der Waals surface area contributed by atoms with Gasteiger partial charge in [-0.2, -0.15) is 13.2 Å². The highest BCUT2D eigenvalue weighted by Gasteiger charge is 2.50. The van der Waals surface area contributed by atoms with Crippen molar-refractivity contribution >= 4 is 15.8 Å². The third-order valence-corrected chi connectivity index (χ3v) is 2.56. The molecule has 0 radical (unpaired) electrons. The zero-order valence-corrected chi connectivity index (χ0v) is 7.91. The Morgan fingerprint density at radius 2 is 1.86 bits per heavy atom. The molecule has 0 saturated heterocycles. The van der Waals surface area contributed by atoms with Crippen LogP contribution in [-0.2, 0) is 19.4 Å². The van der Waals surface area contributed by atoms with Gasteiger partial charge in [-0.25, -0.2) is 13.2 Å². The largest absolute Gasteiger partial charge is 0.502 e. The fraction of sp³-hybridized carbons (Fsp3) is 0.500. The predicted octanol–water partition coefficient (Wildman–Crippen LogP) is 0.998. The van der Waals surface area contributed by atoms with Crippen LogP contribution in [0.3, 0.4) is 0 Å². The molecule has 0 amide bonds. The molecule has 0 spiro atoms. The smallest absolute Gasteiger partial charge is 0.462 e. The second kappa shape index (κ2) is 3.99. The van der Waals surface area contributed by atoms with Gasteiger partial charge >= 0.3 is 11.5 Å². The Morgan fingerprint density at radius 1 is 1.43 bits per heavy atom. The number of halogens is 3. The molecular formula is C6H7F3O4S.